The van der Waals surface area contributed by atoms with E-state index in [0.29, 0.717) is 11.3 Å². The Morgan fingerprint density at radius 3 is 2.34 bits per heavy atom. The topological polar surface area (TPSA) is 62.3 Å². The summed E-state index contributed by atoms with van der Waals surface area (Å²) >= 11 is 0. The molecule has 0 N–H and O–H groups in total. The number of anilines is 2. The van der Waals surface area contributed by atoms with Crippen molar-refractivity contribution in [1.29, 1.82) is 0 Å². The number of methoxy groups -OCH3 is 2. The number of hydrogen-bond donors (Lipinski definition) is 0. The van der Waals surface area contributed by atoms with Gasteiger partial charge in [-0.2, -0.15) is 0 Å². The van der Waals surface area contributed by atoms with Gasteiger partial charge in [-0.25, -0.2) is 4.79 Å². The minimum Gasteiger partial charge on any atom is -0.496 e. The van der Waals surface area contributed by atoms with E-state index in [1.54, 1.807) is 30.1 Å². The van der Waals surface area contributed by atoms with E-state index < -0.39 is 5.97 Å². The summed E-state index contributed by atoms with van der Waals surface area (Å²) in [6, 6.07) is 12.7. The second-order valence-corrected chi connectivity index (χ2v) is 7.05. The van der Waals surface area contributed by atoms with E-state index in [-0.39, 0.29) is 11.5 Å². The minimum absolute atomic E-state index is 0.179. The van der Waals surface area contributed by atoms with Gasteiger partial charge >= 0.3 is 5.97 Å². The lowest BCUT2D eigenvalue weighted by atomic mass is 10.1. The molecule has 1 aliphatic rings. The number of benzene rings is 2. The van der Waals surface area contributed by atoms with E-state index in [2.05, 4.69) is 16.8 Å². The maximum absolute atomic E-state index is 13.2. The van der Waals surface area contributed by atoms with Crippen LogP contribution < -0.4 is 14.5 Å². The van der Waals surface area contributed by atoms with Crippen LogP contribution in [0, 0.1) is 0 Å². The highest BCUT2D eigenvalue weighted by Crippen LogP contribution is 2.31. The molecule has 7 nitrogen and oxygen atoms in total. The molecule has 29 heavy (non-hydrogen) atoms. The Kier molecular flexibility index (Phi) is 6.39. The van der Waals surface area contributed by atoms with Gasteiger partial charge in [0.2, 0.25) is 0 Å². The standard InChI is InChI=1S/C22H27N3O4/c1-23-11-13-25(14-12-23)19-8-6-5-7-18(19)24(2)21(26)16-9-10-17(22(27)29-4)20(15-16)28-3/h5-10,15H,11-14H2,1-4H3. The van der Waals surface area contributed by atoms with Gasteiger partial charge in [-0.1, -0.05) is 12.1 Å². The molecule has 1 amide bonds. The highest BCUT2D eigenvalue weighted by molar-refractivity contribution is 6.08. The lowest BCUT2D eigenvalue weighted by Gasteiger charge is -2.36. The van der Waals surface area contributed by atoms with Gasteiger partial charge in [-0.05, 0) is 37.4 Å². The van der Waals surface area contributed by atoms with Crippen molar-refractivity contribution in [3.05, 3.63) is 53.6 Å². The summed E-state index contributed by atoms with van der Waals surface area (Å²) in [5.41, 5.74) is 2.60. The van der Waals surface area contributed by atoms with Gasteiger partial charge in [-0.15, -0.1) is 0 Å². The fourth-order valence-corrected chi connectivity index (χ4v) is 3.47. The highest BCUT2D eigenvalue weighted by atomic mass is 16.5. The zero-order valence-electron chi connectivity index (χ0n) is 17.3. The van der Waals surface area contributed by atoms with Crippen LogP contribution in [0.3, 0.4) is 0 Å². The Morgan fingerprint density at radius 1 is 1.00 bits per heavy atom. The second-order valence-electron chi connectivity index (χ2n) is 7.05. The number of carbonyl (C=O) groups excluding carboxylic acids is 2. The third-order valence-corrected chi connectivity index (χ3v) is 5.25. The fraction of sp³-hybridized carbons (Fsp3) is 0.364. The Balaban J connectivity index is 1.88. The molecule has 3 rings (SSSR count). The Hall–Kier alpha value is -3.06. The van der Waals surface area contributed by atoms with Crippen LogP contribution in [0.4, 0.5) is 11.4 Å². The van der Waals surface area contributed by atoms with Gasteiger partial charge in [-0.3, -0.25) is 4.79 Å². The first-order chi connectivity index (χ1) is 14.0. The lowest BCUT2D eigenvalue weighted by Crippen LogP contribution is -2.45. The first-order valence-electron chi connectivity index (χ1n) is 9.53. The van der Waals surface area contributed by atoms with Crippen LogP contribution in [0.1, 0.15) is 20.7 Å². The molecule has 0 aromatic heterocycles. The van der Waals surface area contributed by atoms with Crippen LogP contribution in [-0.4, -0.2) is 71.3 Å². The summed E-state index contributed by atoms with van der Waals surface area (Å²) in [7, 11) is 6.65. The molecular formula is C22H27N3O4. The molecule has 1 aliphatic heterocycles. The van der Waals surface area contributed by atoms with Gasteiger partial charge in [0.1, 0.15) is 11.3 Å². The Labute approximate surface area is 171 Å². The molecule has 0 saturated carbocycles. The largest absolute Gasteiger partial charge is 0.496 e. The number of para-hydroxylation sites is 2. The van der Waals surface area contributed by atoms with Crippen molar-refractivity contribution in [2.24, 2.45) is 0 Å². The van der Waals surface area contributed by atoms with Crippen LogP contribution in [0.5, 0.6) is 5.75 Å². The van der Waals surface area contributed by atoms with Crippen molar-refractivity contribution in [2.75, 3.05) is 64.3 Å². The van der Waals surface area contributed by atoms with Crippen LogP contribution in [0.2, 0.25) is 0 Å². The van der Waals surface area contributed by atoms with Gasteiger partial charge in [0.15, 0.2) is 0 Å². The summed E-state index contributed by atoms with van der Waals surface area (Å²) in [5.74, 6) is -0.376. The Morgan fingerprint density at radius 2 is 1.69 bits per heavy atom. The van der Waals surface area contributed by atoms with Crippen molar-refractivity contribution in [3.8, 4) is 5.75 Å². The summed E-state index contributed by atoms with van der Waals surface area (Å²) in [6.07, 6.45) is 0. The molecule has 2 aromatic carbocycles. The minimum atomic E-state index is -0.505. The quantitative estimate of drug-likeness (QED) is 0.723. The third-order valence-electron chi connectivity index (χ3n) is 5.25. The number of hydrogen-bond acceptors (Lipinski definition) is 6. The molecule has 0 spiro atoms. The summed E-state index contributed by atoms with van der Waals surface area (Å²) in [5, 5.41) is 0. The van der Waals surface area contributed by atoms with Crippen molar-refractivity contribution in [3.63, 3.8) is 0 Å². The normalized spacial score (nSPS) is 14.4. The molecule has 0 atom stereocenters. The average Bonchev–Trinajstić information content (AvgIpc) is 2.77. The van der Waals surface area contributed by atoms with E-state index in [1.165, 1.54) is 14.2 Å². The van der Waals surface area contributed by atoms with Crippen molar-refractivity contribution in [2.45, 2.75) is 0 Å². The maximum atomic E-state index is 13.2. The van der Waals surface area contributed by atoms with Gasteiger partial charge in [0.05, 0.1) is 25.6 Å². The number of carbonyl (C=O) groups is 2. The number of ether oxygens (including phenoxy) is 2. The van der Waals surface area contributed by atoms with E-state index in [1.807, 2.05) is 24.3 Å². The molecule has 1 heterocycles. The van der Waals surface area contributed by atoms with Crippen LogP contribution in [0.25, 0.3) is 0 Å². The highest BCUT2D eigenvalue weighted by Gasteiger charge is 2.23. The number of esters is 1. The molecule has 154 valence electrons. The number of piperazine rings is 1. The van der Waals surface area contributed by atoms with Crippen molar-refractivity contribution in [1.82, 2.24) is 4.90 Å². The predicted molar refractivity (Wildman–Crippen MR) is 113 cm³/mol. The van der Waals surface area contributed by atoms with E-state index in [9.17, 15) is 9.59 Å². The molecular weight excluding hydrogens is 370 g/mol. The van der Waals surface area contributed by atoms with Crippen molar-refractivity contribution < 1.29 is 19.1 Å². The Bertz CT molecular complexity index is 891. The average molecular weight is 397 g/mol. The molecule has 7 heteroatoms. The summed E-state index contributed by atoms with van der Waals surface area (Å²) in [6.45, 7) is 3.80. The number of likely N-dealkylation sites (N-methyl/N-ethyl adjacent to an activating group) is 1. The lowest BCUT2D eigenvalue weighted by molar-refractivity contribution is 0.0596. The molecule has 1 saturated heterocycles. The SMILES string of the molecule is COC(=O)c1ccc(C(=O)N(C)c2ccccc2N2CCN(C)CC2)cc1OC. The maximum Gasteiger partial charge on any atom is 0.341 e. The first kappa shape index (κ1) is 20.7. The number of nitrogens with zero attached hydrogens (tertiary/aromatic N) is 3. The van der Waals surface area contributed by atoms with Crippen LogP contribution in [0.15, 0.2) is 42.5 Å². The zero-order valence-corrected chi connectivity index (χ0v) is 17.3. The predicted octanol–water partition coefficient (Wildman–Crippen LogP) is 2.51. The summed E-state index contributed by atoms with van der Waals surface area (Å²) < 4.78 is 10.1. The van der Waals surface area contributed by atoms with Crippen LogP contribution in [-0.2, 0) is 4.74 Å². The van der Waals surface area contributed by atoms with Crippen molar-refractivity contribution >= 4 is 23.3 Å². The molecule has 0 radical (unpaired) electrons. The monoisotopic (exact) mass is 397 g/mol. The molecule has 1 fully saturated rings. The smallest absolute Gasteiger partial charge is 0.341 e. The van der Waals surface area contributed by atoms with Gasteiger partial charge in [0, 0.05) is 38.8 Å². The third kappa shape index (κ3) is 4.35. The van der Waals surface area contributed by atoms with E-state index in [4.69, 9.17) is 9.47 Å². The fourth-order valence-electron chi connectivity index (χ4n) is 3.47. The van der Waals surface area contributed by atoms with Gasteiger partial charge < -0.3 is 24.2 Å². The number of amides is 1. The second kappa shape index (κ2) is 8.96. The number of rotatable bonds is 5. The first-order valence-corrected chi connectivity index (χ1v) is 9.53. The molecule has 2 aromatic rings. The molecule has 0 aliphatic carbocycles. The molecule has 0 bridgehead atoms. The van der Waals surface area contributed by atoms with E-state index in [0.717, 1.165) is 37.6 Å². The van der Waals surface area contributed by atoms with Gasteiger partial charge in [0.25, 0.3) is 5.91 Å². The van der Waals surface area contributed by atoms with Crippen LogP contribution >= 0.6 is 0 Å². The molecule has 0 unspecified atom stereocenters. The summed E-state index contributed by atoms with van der Waals surface area (Å²) in [4.78, 5) is 31.3. The zero-order chi connectivity index (χ0) is 21.0. The van der Waals surface area contributed by atoms with E-state index >= 15 is 0 Å².